The van der Waals surface area contributed by atoms with Crippen LogP contribution in [0, 0.1) is 6.92 Å². The molecule has 6 heteroatoms. The zero-order chi connectivity index (χ0) is 19.0. The zero-order valence-electron chi connectivity index (χ0n) is 15.8. The number of fused-ring (bicyclic) bond motifs is 3. The molecule has 0 bridgehead atoms. The number of methoxy groups -OCH3 is 2. The molecule has 2 heterocycles. The summed E-state index contributed by atoms with van der Waals surface area (Å²) >= 11 is 6.58. The van der Waals surface area contributed by atoms with Crippen molar-refractivity contribution in [2.75, 3.05) is 20.8 Å². The molecule has 0 saturated carbocycles. The number of rotatable bonds is 5. The quantitative estimate of drug-likeness (QED) is 0.701. The van der Waals surface area contributed by atoms with Gasteiger partial charge in [0.1, 0.15) is 5.56 Å². The summed E-state index contributed by atoms with van der Waals surface area (Å²) in [6.07, 6.45) is 1.77. The third-order valence-corrected chi connectivity index (χ3v) is 5.47. The Morgan fingerprint density at radius 1 is 1.23 bits per heavy atom. The number of aromatic nitrogens is 1. The van der Waals surface area contributed by atoms with Gasteiger partial charge in [0.25, 0.3) is 0 Å². The second-order valence-electron chi connectivity index (χ2n) is 6.34. The molecule has 1 aliphatic rings. The average Bonchev–Trinajstić information content (AvgIpc) is 2.91. The number of hydrogen-bond acceptors (Lipinski definition) is 4. The van der Waals surface area contributed by atoms with Gasteiger partial charge in [-0.3, -0.25) is 0 Å². The first-order chi connectivity index (χ1) is 12.5. The van der Waals surface area contributed by atoms with Crippen molar-refractivity contribution in [3.63, 3.8) is 0 Å². The van der Waals surface area contributed by atoms with Crippen LogP contribution in [0.1, 0.15) is 47.9 Å². The Hall–Kier alpha value is -2.14. The lowest BCUT2D eigenvalue weighted by Gasteiger charge is -2.30. The molecule has 1 aromatic heterocycles. The fraction of sp³-hybridized carbons (Fsp3) is 0.450. The third-order valence-electron chi connectivity index (χ3n) is 5.01. The molecule has 3 rings (SSSR count). The van der Waals surface area contributed by atoms with Crippen LogP contribution in [0.2, 0.25) is 5.02 Å². The highest BCUT2D eigenvalue weighted by Gasteiger charge is 2.34. The number of ether oxygens (including phenoxy) is 3. The van der Waals surface area contributed by atoms with Gasteiger partial charge < -0.3 is 18.8 Å². The maximum atomic E-state index is 12.7. The maximum Gasteiger partial charge on any atom is 0.341 e. The van der Waals surface area contributed by atoms with Crippen LogP contribution in [-0.2, 0) is 11.2 Å². The van der Waals surface area contributed by atoms with Crippen LogP contribution in [0.3, 0.4) is 0 Å². The van der Waals surface area contributed by atoms with E-state index in [1.54, 1.807) is 21.1 Å². The van der Waals surface area contributed by atoms with Gasteiger partial charge in [-0.15, -0.1) is 0 Å². The van der Waals surface area contributed by atoms with Gasteiger partial charge in [-0.25, -0.2) is 4.79 Å². The van der Waals surface area contributed by atoms with Gasteiger partial charge in [0.2, 0.25) is 0 Å². The number of esters is 1. The Kier molecular flexibility index (Phi) is 5.19. The molecule has 0 aliphatic carbocycles. The zero-order valence-corrected chi connectivity index (χ0v) is 16.6. The van der Waals surface area contributed by atoms with Crippen LogP contribution in [0.15, 0.2) is 12.1 Å². The summed E-state index contributed by atoms with van der Waals surface area (Å²) in [5.74, 6) is 0.908. The smallest absolute Gasteiger partial charge is 0.341 e. The number of carbonyl (C=O) groups is 1. The number of halogens is 1. The fourth-order valence-corrected chi connectivity index (χ4v) is 4.03. The second kappa shape index (κ2) is 7.23. The molecule has 0 amide bonds. The molecule has 0 saturated heterocycles. The van der Waals surface area contributed by atoms with Crippen LogP contribution in [0.5, 0.6) is 11.5 Å². The standard InChI is InChI=1S/C20H24ClNO4/c1-6-13-8-12-9-15(24-4)16(25-5)10-14(12)19-17(20(23)26-7-2)18(21)11(3)22(13)19/h9-10,13H,6-8H2,1-5H3/t13-/m0/s1. The highest BCUT2D eigenvalue weighted by molar-refractivity contribution is 6.35. The van der Waals surface area contributed by atoms with Gasteiger partial charge in [-0.05, 0) is 44.4 Å². The van der Waals surface area contributed by atoms with Gasteiger partial charge in [-0.1, -0.05) is 18.5 Å². The van der Waals surface area contributed by atoms with Crippen molar-refractivity contribution in [3.8, 4) is 22.8 Å². The highest BCUT2D eigenvalue weighted by atomic mass is 35.5. The van der Waals surface area contributed by atoms with E-state index in [-0.39, 0.29) is 6.04 Å². The van der Waals surface area contributed by atoms with E-state index in [9.17, 15) is 4.79 Å². The van der Waals surface area contributed by atoms with E-state index in [4.69, 9.17) is 25.8 Å². The maximum absolute atomic E-state index is 12.7. The lowest BCUT2D eigenvalue weighted by Crippen LogP contribution is -2.20. The van der Waals surface area contributed by atoms with Crippen LogP contribution in [-0.4, -0.2) is 31.4 Å². The predicted molar refractivity (Wildman–Crippen MR) is 102 cm³/mol. The molecule has 0 radical (unpaired) electrons. The Labute approximate surface area is 158 Å². The molecule has 140 valence electrons. The first kappa shape index (κ1) is 18.6. The minimum absolute atomic E-state index is 0.219. The third kappa shape index (κ3) is 2.75. The van der Waals surface area contributed by atoms with E-state index in [1.165, 1.54) is 0 Å². The fourth-order valence-electron chi connectivity index (χ4n) is 3.77. The van der Waals surface area contributed by atoms with E-state index in [2.05, 4.69) is 11.5 Å². The van der Waals surface area contributed by atoms with Crippen molar-refractivity contribution >= 4 is 17.6 Å². The largest absolute Gasteiger partial charge is 0.493 e. The van der Waals surface area contributed by atoms with E-state index in [1.807, 2.05) is 19.1 Å². The minimum Gasteiger partial charge on any atom is -0.493 e. The topological polar surface area (TPSA) is 49.7 Å². The van der Waals surface area contributed by atoms with Crippen LogP contribution in [0.4, 0.5) is 0 Å². The Balaban J connectivity index is 2.33. The second-order valence-corrected chi connectivity index (χ2v) is 6.72. The summed E-state index contributed by atoms with van der Waals surface area (Å²) < 4.78 is 18.4. The van der Waals surface area contributed by atoms with Crippen molar-refractivity contribution in [1.82, 2.24) is 4.57 Å². The first-order valence-corrected chi connectivity index (χ1v) is 9.18. The number of carbonyl (C=O) groups excluding carboxylic acids is 1. The van der Waals surface area contributed by atoms with E-state index >= 15 is 0 Å². The first-order valence-electron chi connectivity index (χ1n) is 8.81. The molecule has 26 heavy (non-hydrogen) atoms. The van der Waals surface area contributed by atoms with Crippen molar-refractivity contribution in [1.29, 1.82) is 0 Å². The van der Waals surface area contributed by atoms with E-state index < -0.39 is 5.97 Å². The van der Waals surface area contributed by atoms with Gasteiger partial charge in [-0.2, -0.15) is 0 Å². The Morgan fingerprint density at radius 3 is 2.46 bits per heavy atom. The molecule has 5 nitrogen and oxygen atoms in total. The number of nitrogens with zero attached hydrogens (tertiary/aromatic N) is 1. The summed E-state index contributed by atoms with van der Waals surface area (Å²) in [7, 11) is 3.23. The molecule has 0 fully saturated rings. The van der Waals surface area contributed by atoms with Crippen LogP contribution in [0.25, 0.3) is 11.3 Å². The Morgan fingerprint density at radius 2 is 1.88 bits per heavy atom. The van der Waals surface area contributed by atoms with Crippen molar-refractivity contribution in [2.45, 2.75) is 39.7 Å². The SMILES string of the molecule is CCOC(=O)c1c(Cl)c(C)n2c1-c1cc(OC)c(OC)cc1C[C@@H]2CC. The lowest BCUT2D eigenvalue weighted by molar-refractivity contribution is 0.0527. The summed E-state index contributed by atoms with van der Waals surface area (Å²) in [5, 5.41) is 0.458. The molecule has 1 aliphatic heterocycles. The molecule has 1 aromatic carbocycles. The number of benzene rings is 1. The highest BCUT2D eigenvalue weighted by Crippen LogP contribution is 2.47. The van der Waals surface area contributed by atoms with Gasteiger partial charge in [0, 0.05) is 17.3 Å². The molecule has 0 unspecified atom stereocenters. The van der Waals surface area contributed by atoms with Crippen molar-refractivity contribution in [2.24, 2.45) is 0 Å². The van der Waals surface area contributed by atoms with Crippen LogP contribution >= 0.6 is 11.6 Å². The molecule has 0 spiro atoms. The number of hydrogen-bond donors (Lipinski definition) is 0. The molecular formula is C20H24ClNO4. The summed E-state index contributed by atoms with van der Waals surface area (Å²) in [6.45, 7) is 6.17. The van der Waals surface area contributed by atoms with Crippen molar-refractivity contribution in [3.05, 3.63) is 34.0 Å². The minimum atomic E-state index is -0.396. The predicted octanol–water partition coefficient (Wildman–Crippen LogP) is 4.82. The van der Waals surface area contributed by atoms with Gasteiger partial charge in [0.15, 0.2) is 11.5 Å². The van der Waals surface area contributed by atoms with Gasteiger partial charge in [0.05, 0.1) is 31.5 Å². The molecule has 1 atom stereocenters. The van der Waals surface area contributed by atoms with E-state index in [0.717, 1.165) is 35.4 Å². The monoisotopic (exact) mass is 377 g/mol. The van der Waals surface area contributed by atoms with Crippen LogP contribution < -0.4 is 9.47 Å². The summed E-state index contributed by atoms with van der Waals surface area (Å²) in [5.41, 5.74) is 4.17. The van der Waals surface area contributed by atoms with E-state index in [0.29, 0.717) is 28.7 Å². The van der Waals surface area contributed by atoms with Gasteiger partial charge >= 0.3 is 5.97 Å². The normalized spacial score (nSPS) is 15.2. The average molecular weight is 378 g/mol. The Bertz CT molecular complexity index is 856. The molecule has 2 aromatic rings. The van der Waals surface area contributed by atoms with Crippen molar-refractivity contribution < 1.29 is 19.0 Å². The molecular weight excluding hydrogens is 354 g/mol. The summed E-state index contributed by atoms with van der Waals surface area (Å²) in [4.78, 5) is 12.7. The molecule has 0 N–H and O–H groups in total. The lowest BCUT2D eigenvalue weighted by atomic mass is 9.90. The summed E-state index contributed by atoms with van der Waals surface area (Å²) in [6, 6.07) is 4.13.